The lowest BCUT2D eigenvalue weighted by molar-refractivity contribution is -0.129. The molecule has 1 saturated heterocycles. The highest BCUT2D eigenvalue weighted by atomic mass is 19.1. The zero-order valence-electron chi connectivity index (χ0n) is 18.1. The summed E-state index contributed by atoms with van der Waals surface area (Å²) in [6.45, 7) is 3.80. The fraction of sp³-hybridized carbons (Fsp3) is 0.391. The molecule has 0 bridgehead atoms. The molecule has 33 heavy (non-hydrogen) atoms. The van der Waals surface area contributed by atoms with E-state index in [0.29, 0.717) is 62.8 Å². The van der Waals surface area contributed by atoms with Crippen LogP contribution in [0.15, 0.2) is 35.1 Å². The van der Waals surface area contributed by atoms with Gasteiger partial charge in [-0.2, -0.15) is 0 Å². The van der Waals surface area contributed by atoms with E-state index in [0.717, 1.165) is 17.5 Å². The van der Waals surface area contributed by atoms with Crippen molar-refractivity contribution in [1.29, 1.82) is 0 Å². The van der Waals surface area contributed by atoms with Crippen LogP contribution in [0.25, 0.3) is 11.6 Å². The van der Waals surface area contributed by atoms with E-state index in [4.69, 9.17) is 19.1 Å². The Morgan fingerprint density at radius 2 is 1.97 bits per heavy atom. The molecule has 5 rings (SSSR count). The van der Waals surface area contributed by atoms with Crippen LogP contribution in [0.2, 0.25) is 0 Å². The second-order valence-electron chi connectivity index (χ2n) is 8.20. The van der Waals surface area contributed by atoms with E-state index in [2.05, 4.69) is 9.88 Å². The summed E-state index contributed by atoms with van der Waals surface area (Å²) < 4.78 is 38.4. The molecule has 10 heteroatoms. The molecule has 0 radical (unpaired) electrons. The maximum atomic E-state index is 14.0. The molecule has 0 atom stereocenters. The second-order valence-corrected chi connectivity index (χ2v) is 8.20. The zero-order valence-corrected chi connectivity index (χ0v) is 18.1. The average Bonchev–Trinajstić information content (AvgIpc) is 3.35. The molecule has 1 fully saturated rings. The third-order valence-electron chi connectivity index (χ3n) is 6.00. The number of hydrogen-bond acceptors (Lipinski definition) is 7. The number of anilines is 1. The minimum absolute atomic E-state index is 0.00358. The molecule has 0 unspecified atom stereocenters. The van der Waals surface area contributed by atoms with Crippen LogP contribution in [0.4, 0.5) is 14.6 Å². The predicted molar refractivity (Wildman–Crippen MR) is 115 cm³/mol. The van der Waals surface area contributed by atoms with Crippen LogP contribution in [-0.4, -0.2) is 51.5 Å². The molecule has 0 spiro atoms. The molecular formula is C23H23F2N5O3. The first-order chi connectivity index (χ1) is 16.0. The van der Waals surface area contributed by atoms with E-state index >= 15 is 0 Å². The molecule has 0 aliphatic carbocycles. The van der Waals surface area contributed by atoms with E-state index in [9.17, 15) is 13.6 Å². The Hall–Kier alpha value is -3.56. The van der Waals surface area contributed by atoms with Gasteiger partial charge in [0.05, 0.1) is 24.1 Å². The third-order valence-corrected chi connectivity index (χ3v) is 6.00. The molecule has 2 aromatic heterocycles. The van der Waals surface area contributed by atoms with E-state index in [1.54, 1.807) is 18.0 Å². The average molecular weight is 455 g/mol. The van der Waals surface area contributed by atoms with Crippen LogP contribution in [0.5, 0.6) is 5.75 Å². The van der Waals surface area contributed by atoms with E-state index in [1.165, 1.54) is 18.4 Å². The monoisotopic (exact) mass is 455 g/mol. The summed E-state index contributed by atoms with van der Waals surface area (Å²) in [5.74, 6) is -0.233. The van der Waals surface area contributed by atoms with Crippen molar-refractivity contribution in [1.82, 2.24) is 19.9 Å². The number of halogens is 2. The molecule has 2 aliphatic rings. The number of ether oxygens (including phenoxy) is 1. The smallest absolute Gasteiger partial charge is 0.248 e. The molecule has 0 saturated carbocycles. The number of hydrogen-bond donors (Lipinski definition) is 0. The van der Waals surface area contributed by atoms with E-state index < -0.39 is 11.6 Å². The Labute approximate surface area is 189 Å². The van der Waals surface area contributed by atoms with Crippen LogP contribution in [0, 0.1) is 11.6 Å². The normalized spacial score (nSPS) is 16.6. The summed E-state index contributed by atoms with van der Waals surface area (Å²) in [4.78, 5) is 29.6. The highest BCUT2D eigenvalue weighted by molar-refractivity contribution is 5.73. The first kappa shape index (κ1) is 21.3. The molecule has 8 nitrogen and oxygen atoms in total. The van der Waals surface area contributed by atoms with Gasteiger partial charge in [0.25, 0.3) is 0 Å². The molecule has 1 aromatic carbocycles. The number of amides is 1. The summed E-state index contributed by atoms with van der Waals surface area (Å²) in [7, 11) is 0. The topological polar surface area (TPSA) is 84.6 Å². The second kappa shape index (κ2) is 8.76. The van der Waals surface area contributed by atoms with Crippen molar-refractivity contribution in [3.05, 3.63) is 53.7 Å². The number of aromatic nitrogens is 3. The number of carbonyl (C=O) groups excluding carboxylic acids is 1. The van der Waals surface area contributed by atoms with Crippen molar-refractivity contribution in [3.8, 4) is 17.3 Å². The van der Waals surface area contributed by atoms with Crippen LogP contribution >= 0.6 is 0 Å². The van der Waals surface area contributed by atoms with E-state index in [-0.39, 0.29) is 17.8 Å². The molecule has 0 N–H and O–H groups in total. The van der Waals surface area contributed by atoms with Gasteiger partial charge >= 0.3 is 0 Å². The van der Waals surface area contributed by atoms with Gasteiger partial charge in [0, 0.05) is 51.9 Å². The minimum Gasteiger partial charge on any atom is -0.487 e. The first-order valence-corrected chi connectivity index (χ1v) is 10.9. The highest BCUT2D eigenvalue weighted by Gasteiger charge is 2.29. The summed E-state index contributed by atoms with van der Waals surface area (Å²) in [6, 6.07) is 3.33. The number of rotatable bonds is 4. The molecule has 4 heterocycles. The van der Waals surface area contributed by atoms with Crippen LogP contribution in [0.3, 0.4) is 0 Å². The summed E-state index contributed by atoms with van der Waals surface area (Å²) >= 11 is 0. The lowest BCUT2D eigenvalue weighted by Gasteiger charge is -2.34. The standard InChI is InChI=1S/C23H23F2N5O3/c1-14(31)30-10-6-18-19(13-30)27-21(23-26-7-11-32-23)22(28-18)29-8-4-16(5-9-29)33-20-3-2-15(24)12-17(20)25/h2-3,7,11-12,16H,4-6,8-10,13H2,1H3. The van der Waals surface area contributed by atoms with Crippen molar-refractivity contribution in [2.75, 3.05) is 24.5 Å². The third kappa shape index (κ3) is 4.37. The fourth-order valence-corrected chi connectivity index (χ4v) is 4.23. The number of nitrogens with zero attached hydrogens (tertiary/aromatic N) is 5. The highest BCUT2D eigenvalue weighted by Crippen LogP contribution is 2.32. The number of oxazole rings is 1. The first-order valence-electron chi connectivity index (χ1n) is 10.9. The Bertz CT molecular complexity index is 1160. The van der Waals surface area contributed by atoms with Gasteiger partial charge in [0.2, 0.25) is 11.8 Å². The van der Waals surface area contributed by atoms with Crippen LogP contribution < -0.4 is 9.64 Å². The minimum atomic E-state index is -0.705. The summed E-state index contributed by atoms with van der Waals surface area (Å²) in [6.07, 6.45) is 4.75. The molecular weight excluding hydrogens is 432 g/mol. The van der Waals surface area contributed by atoms with Gasteiger partial charge in [0.15, 0.2) is 23.1 Å². The molecule has 3 aromatic rings. The van der Waals surface area contributed by atoms with Crippen molar-refractivity contribution in [3.63, 3.8) is 0 Å². The van der Waals surface area contributed by atoms with Crippen LogP contribution in [-0.2, 0) is 17.8 Å². The summed E-state index contributed by atoms with van der Waals surface area (Å²) in [5.41, 5.74) is 2.15. The van der Waals surface area contributed by atoms with Gasteiger partial charge < -0.3 is 19.0 Å². The van der Waals surface area contributed by atoms with Crippen molar-refractivity contribution < 1.29 is 22.7 Å². The summed E-state index contributed by atoms with van der Waals surface area (Å²) in [5, 5.41) is 0. The zero-order chi connectivity index (χ0) is 22.9. The van der Waals surface area contributed by atoms with Gasteiger partial charge in [-0.3, -0.25) is 4.79 Å². The maximum Gasteiger partial charge on any atom is 0.248 e. The Morgan fingerprint density at radius 3 is 2.67 bits per heavy atom. The Kier molecular flexibility index (Phi) is 5.65. The number of piperidine rings is 1. The lowest BCUT2D eigenvalue weighted by Crippen LogP contribution is -2.40. The van der Waals surface area contributed by atoms with Crippen molar-refractivity contribution in [2.45, 2.75) is 38.8 Å². The van der Waals surface area contributed by atoms with Gasteiger partial charge in [-0.05, 0) is 12.1 Å². The molecule has 1 amide bonds. The lowest BCUT2D eigenvalue weighted by atomic mass is 10.1. The van der Waals surface area contributed by atoms with Gasteiger partial charge in [-0.25, -0.2) is 23.7 Å². The molecule has 172 valence electrons. The largest absolute Gasteiger partial charge is 0.487 e. The number of fused-ring (bicyclic) bond motifs is 1. The number of benzene rings is 1. The fourth-order valence-electron chi connectivity index (χ4n) is 4.23. The maximum absolute atomic E-state index is 14.0. The Balaban J connectivity index is 1.36. The van der Waals surface area contributed by atoms with Gasteiger partial charge in [0.1, 0.15) is 18.2 Å². The molecule has 2 aliphatic heterocycles. The van der Waals surface area contributed by atoms with Crippen molar-refractivity contribution >= 4 is 11.7 Å². The SMILES string of the molecule is CC(=O)N1CCc2nc(N3CCC(Oc4ccc(F)cc4F)CC3)c(-c3ncco3)nc2C1. The van der Waals surface area contributed by atoms with Gasteiger partial charge in [-0.15, -0.1) is 0 Å². The number of carbonyl (C=O) groups is 1. The Morgan fingerprint density at radius 1 is 1.15 bits per heavy atom. The predicted octanol–water partition coefficient (Wildman–Crippen LogP) is 3.36. The van der Waals surface area contributed by atoms with Gasteiger partial charge in [-0.1, -0.05) is 0 Å². The van der Waals surface area contributed by atoms with Crippen molar-refractivity contribution in [2.24, 2.45) is 0 Å². The van der Waals surface area contributed by atoms with E-state index in [1.807, 2.05) is 0 Å². The quantitative estimate of drug-likeness (QED) is 0.596. The van der Waals surface area contributed by atoms with Crippen LogP contribution in [0.1, 0.15) is 31.2 Å².